The van der Waals surface area contributed by atoms with Crippen molar-refractivity contribution in [1.29, 1.82) is 0 Å². The van der Waals surface area contributed by atoms with Gasteiger partial charge >= 0.3 is 0 Å². The molecule has 0 unspecified atom stereocenters. The van der Waals surface area contributed by atoms with E-state index in [1.807, 2.05) is 30.9 Å². The first-order valence-corrected chi connectivity index (χ1v) is 7.69. The standard InChI is InChI=1S/C16H23ClN2O/c1-13(2)16(20)19-11-9-18(10-12-19)8-7-14-3-5-15(17)6-4-14/h3-6,13H,7-12H2,1-2H3. The van der Waals surface area contributed by atoms with Crippen LogP contribution in [0.4, 0.5) is 0 Å². The number of nitrogens with zero attached hydrogens (tertiary/aromatic N) is 2. The molecule has 1 aliphatic rings. The molecule has 0 bridgehead atoms. The van der Waals surface area contributed by atoms with Crippen molar-refractivity contribution in [3.63, 3.8) is 0 Å². The molecule has 1 aliphatic heterocycles. The number of carbonyl (C=O) groups excluding carboxylic acids is 1. The van der Waals surface area contributed by atoms with Crippen LogP contribution in [0.15, 0.2) is 24.3 Å². The Bertz CT molecular complexity index is 436. The van der Waals surface area contributed by atoms with Crippen LogP contribution in [0.3, 0.4) is 0 Å². The van der Waals surface area contributed by atoms with E-state index in [1.54, 1.807) is 0 Å². The Morgan fingerprint density at radius 2 is 1.75 bits per heavy atom. The fraction of sp³-hybridized carbons (Fsp3) is 0.562. The highest BCUT2D eigenvalue weighted by Crippen LogP contribution is 2.11. The molecule has 0 atom stereocenters. The average Bonchev–Trinajstić information content (AvgIpc) is 2.46. The molecule has 0 aliphatic carbocycles. The van der Waals surface area contributed by atoms with Crippen LogP contribution >= 0.6 is 11.6 Å². The van der Waals surface area contributed by atoms with Gasteiger partial charge in [-0.2, -0.15) is 0 Å². The SMILES string of the molecule is CC(C)C(=O)N1CCN(CCc2ccc(Cl)cc2)CC1. The normalized spacial score (nSPS) is 16.7. The van der Waals surface area contributed by atoms with Gasteiger partial charge in [0.15, 0.2) is 0 Å². The number of benzene rings is 1. The highest BCUT2D eigenvalue weighted by molar-refractivity contribution is 6.30. The molecular weight excluding hydrogens is 272 g/mol. The molecule has 0 N–H and O–H groups in total. The quantitative estimate of drug-likeness (QED) is 0.852. The number of halogens is 1. The zero-order valence-electron chi connectivity index (χ0n) is 12.3. The van der Waals surface area contributed by atoms with Gasteiger partial charge in [0.2, 0.25) is 5.91 Å². The molecule has 0 radical (unpaired) electrons. The van der Waals surface area contributed by atoms with E-state index in [1.165, 1.54) is 5.56 Å². The summed E-state index contributed by atoms with van der Waals surface area (Å²) in [5.41, 5.74) is 1.31. The monoisotopic (exact) mass is 294 g/mol. The summed E-state index contributed by atoms with van der Waals surface area (Å²) < 4.78 is 0. The molecular formula is C16H23ClN2O. The Balaban J connectivity index is 1.74. The second kappa shape index (κ2) is 7.09. The molecule has 1 aromatic rings. The predicted molar refractivity (Wildman–Crippen MR) is 83.0 cm³/mol. The Hall–Kier alpha value is -1.06. The molecule has 0 saturated carbocycles. The van der Waals surface area contributed by atoms with E-state index in [2.05, 4.69) is 17.0 Å². The van der Waals surface area contributed by atoms with E-state index in [9.17, 15) is 4.79 Å². The summed E-state index contributed by atoms with van der Waals surface area (Å²) in [5.74, 6) is 0.387. The van der Waals surface area contributed by atoms with Gasteiger partial charge in [-0.05, 0) is 24.1 Å². The molecule has 2 rings (SSSR count). The lowest BCUT2D eigenvalue weighted by atomic mass is 10.1. The van der Waals surface area contributed by atoms with Gasteiger partial charge in [-0.15, -0.1) is 0 Å². The van der Waals surface area contributed by atoms with Gasteiger partial charge in [0.25, 0.3) is 0 Å². The van der Waals surface area contributed by atoms with Crippen molar-refractivity contribution in [2.24, 2.45) is 5.92 Å². The first-order chi connectivity index (χ1) is 9.56. The maximum Gasteiger partial charge on any atom is 0.225 e. The molecule has 3 nitrogen and oxygen atoms in total. The summed E-state index contributed by atoms with van der Waals surface area (Å²) in [7, 11) is 0. The summed E-state index contributed by atoms with van der Waals surface area (Å²) in [6.07, 6.45) is 1.04. The van der Waals surface area contributed by atoms with E-state index in [0.29, 0.717) is 0 Å². The predicted octanol–water partition coefficient (Wildman–Crippen LogP) is 2.68. The van der Waals surface area contributed by atoms with Crippen LogP contribution in [0.5, 0.6) is 0 Å². The number of hydrogen-bond acceptors (Lipinski definition) is 2. The van der Waals surface area contributed by atoms with Gasteiger partial charge < -0.3 is 4.90 Å². The molecule has 1 aromatic carbocycles. The third-order valence-corrected chi connectivity index (χ3v) is 4.06. The van der Waals surface area contributed by atoms with Crippen molar-refractivity contribution in [3.8, 4) is 0 Å². The molecule has 1 fully saturated rings. The first-order valence-electron chi connectivity index (χ1n) is 7.32. The van der Waals surface area contributed by atoms with Gasteiger partial charge in [0.05, 0.1) is 0 Å². The third-order valence-electron chi connectivity index (χ3n) is 3.81. The molecule has 1 saturated heterocycles. The number of rotatable bonds is 4. The fourth-order valence-electron chi connectivity index (χ4n) is 2.50. The van der Waals surface area contributed by atoms with Crippen molar-refractivity contribution in [1.82, 2.24) is 9.80 Å². The second-order valence-electron chi connectivity index (χ2n) is 5.70. The molecule has 1 amide bonds. The second-order valence-corrected chi connectivity index (χ2v) is 6.13. The fourth-order valence-corrected chi connectivity index (χ4v) is 2.62. The summed E-state index contributed by atoms with van der Waals surface area (Å²) in [5, 5.41) is 0.787. The van der Waals surface area contributed by atoms with Gasteiger partial charge in [0, 0.05) is 43.7 Å². The van der Waals surface area contributed by atoms with Crippen molar-refractivity contribution in [2.45, 2.75) is 20.3 Å². The van der Waals surface area contributed by atoms with Crippen molar-refractivity contribution < 1.29 is 4.79 Å². The van der Waals surface area contributed by atoms with Crippen LogP contribution in [-0.2, 0) is 11.2 Å². The summed E-state index contributed by atoms with van der Waals surface area (Å²) in [4.78, 5) is 16.3. The zero-order valence-corrected chi connectivity index (χ0v) is 13.1. The third kappa shape index (κ3) is 4.22. The molecule has 110 valence electrons. The largest absolute Gasteiger partial charge is 0.340 e. The Morgan fingerprint density at radius 1 is 1.15 bits per heavy atom. The van der Waals surface area contributed by atoms with E-state index in [0.717, 1.165) is 44.2 Å². The minimum absolute atomic E-state index is 0.107. The molecule has 20 heavy (non-hydrogen) atoms. The molecule has 0 spiro atoms. The maximum absolute atomic E-state index is 11.9. The van der Waals surface area contributed by atoms with Gasteiger partial charge in [-0.3, -0.25) is 9.69 Å². The van der Waals surface area contributed by atoms with E-state index in [4.69, 9.17) is 11.6 Å². The minimum Gasteiger partial charge on any atom is -0.340 e. The Kier molecular flexibility index (Phi) is 5.44. The number of amides is 1. The molecule has 4 heteroatoms. The van der Waals surface area contributed by atoms with E-state index < -0.39 is 0 Å². The first kappa shape index (κ1) is 15.3. The number of carbonyl (C=O) groups is 1. The molecule has 0 aromatic heterocycles. The topological polar surface area (TPSA) is 23.6 Å². The Labute approximate surface area is 126 Å². The van der Waals surface area contributed by atoms with Crippen LogP contribution in [-0.4, -0.2) is 48.4 Å². The lowest BCUT2D eigenvalue weighted by molar-refractivity contribution is -0.136. The summed E-state index contributed by atoms with van der Waals surface area (Å²) in [6, 6.07) is 8.05. The van der Waals surface area contributed by atoms with E-state index >= 15 is 0 Å². The van der Waals surface area contributed by atoms with Gasteiger partial charge in [-0.1, -0.05) is 37.6 Å². The summed E-state index contributed by atoms with van der Waals surface area (Å²) >= 11 is 5.88. The van der Waals surface area contributed by atoms with Crippen molar-refractivity contribution in [3.05, 3.63) is 34.9 Å². The maximum atomic E-state index is 11.9. The lowest BCUT2D eigenvalue weighted by Crippen LogP contribution is -2.50. The molecule has 1 heterocycles. The average molecular weight is 295 g/mol. The van der Waals surface area contributed by atoms with Crippen LogP contribution in [0.1, 0.15) is 19.4 Å². The van der Waals surface area contributed by atoms with E-state index in [-0.39, 0.29) is 11.8 Å². The van der Waals surface area contributed by atoms with Gasteiger partial charge in [-0.25, -0.2) is 0 Å². The van der Waals surface area contributed by atoms with Crippen molar-refractivity contribution in [2.75, 3.05) is 32.7 Å². The lowest BCUT2D eigenvalue weighted by Gasteiger charge is -2.35. The van der Waals surface area contributed by atoms with Crippen LogP contribution in [0, 0.1) is 5.92 Å². The Morgan fingerprint density at radius 3 is 2.30 bits per heavy atom. The number of hydrogen-bond donors (Lipinski definition) is 0. The van der Waals surface area contributed by atoms with Crippen LogP contribution in [0.2, 0.25) is 5.02 Å². The zero-order chi connectivity index (χ0) is 14.5. The van der Waals surface area contributed by atoms with Crippen LogP contribution < -0.4 is 0 Å². The van der Waals surface area contributed by atoms with Crippen molar-refractivity contribution >= 4 is 17.5 Å². The highest BCUT2D eigenvalue weighted by Gasteiger charge is 2.22. The highest BCUT2D eigenvalue weighted by atomic mass is 35.5. The van der Waals surface area contributed by atoms with Gasteiger partial charge in [0.1, 0.15) is 0 Å². The number of piperazine rings is 1. The summed E-state index contributed by atoms with van der Waals surface area (Å²) in [6.45, 7) is 8.66. The van der Waals surface area contributed by atoms with Crippen LogP contribution in [0.25, 0.3) is 0 Å². The smallest absolute Gasteiger partial charge is 0.225 e. The minimum atomic E-state index is 0.107.